The number of nitrogens with one attached hydrogen (secondary N) is 1. The zero-order valence-corrected chi connectivity index (χ0v) is 17.9. The molecule has 1 amide bonds. The van der Waals surface area contributed by atoms with Gasteiger partial charge in [0.15, 0.2) is 0 Å². The average Bonchev–Trinajstić information content (AvgIpc) is 2.81. The van der Waals surface area contributed by atoms with Gasteiger partial charge in [-0.1, -0.05) is 42.0 Å². The summed E-state index contributed by atoms with van der Waals surface area (Å²) >= 11 is 0. The van der Waals surface area contributed by atoms with Gasteiger partial charge in [0.05, 0.1) is 11.6 Å². The maximum absolute atomic E-state index is 12.5. The molecule has 0 radical (unpaired) electrons. The zero-order valence-electron chi connectivity index (χ0n) is 17.9. The van der Waals surface area contributed by atoms with Crippen molar-refractivity contribution in [3.63, 3.8) is 0 Å². The van der Waals surface area contributed by atoms with Crippen LogP contribution in [0.15, 0.2) is 85.3 Å². The predicted molar refractivity (Wildman–Crippen MR) is 126 cm³/mol. The van der Waals surface area contributed by atoms with Crippen molar-refractivity contribution in [1.29, 1.82) is 0 Å². The van der Waals surface area contributed by atoms with Crippen molar-refractivity contribution < 1.29 is 4.79 Å². The number of primary amides is 1. The molecule has 0 saturated carbocycles. The lowest BCUT2D eigenvalue weighted by Crippen LogP contribution is -2.24. The molecule has 1 unspecified atom stereocenters. The van der Waals surface area contributed by atoms with Crippen molar-refractivity contribution in [2.45, 2.75) is 19.3 Å². The molecular weight excluding hydrogens is 398 g/mol. The summed E-state index contributed by atoms with van der Waals surface area (Å²) < 4.78 is 0. The van der Waals surface area contributed by atoms with Gasteiger partial charge in [0, 0.05) is 48.4 Å². The van der Waals surface area contributed by atoms with Crippen LogP contribution in [0.3, 0.4) is 0 Å². The van der Waals surface area contributed by atoms with Crippen LogP contribution < -0.4 is 11.1 Å². The lowest BCUT2D eigenvalue weighted by molar-refractivity contribution is -0.118. The fourth-order valence-electron chi connectivity index (χ4n) is 3.71. The Labute approximate surface area is 187 Å². The molecule has 160 valence electrons. The van der Waals surface area contributed by atoms with E-state index in [9.17, 15) is 4.79 Å². The van der Waals surface area contributed by atoms with Crippen LogP contribution >= 0.6 is 0 Å². The maximum atomic E-state index is 12.5. The smallest absolute Gasteiger partial charge is 0.229 e. The Bertz CT molecular complexity index is 1200. The highest BCUT2D eigenvalue weighted by Gasteiger charge is 2.24. The molecule has 6 heteroatoms. The number of nitrogens with zero attached hydrogens (tertiary/aromatic N) is 3. The maximum Gasteiger partial charge on any atom is 0.229 e. The fourth-order valence-corrected chi connectivity index (χ4v) is 3.71. The van der Waals surface area contributed by atoms with E-state index in [0.717, 1.165) is 40.1 Å². The lowest BCUT2D eigenvalue weighted by atomic mass is 9.91. The molecule has 1 atom stereocenters. The van der Waals surface area contributed by atoms with Crippen LogP contribution in [0.4, 0.5) is 5.82 Å². The van der Waals surface area contributed by atoms with Crippen molar-refractivity contribution in [2.75, 3.05) is 11.9 Å². The Kier molecular flexibility index (Phi) is 6.51. The van der Waals surface area contributed by atoms with Gasteiger partial charge in [0.25, 0.3) is 0 Å². The first-order valence-corrected chi connectivity index (χ1v) is 10.5. The Morgan fingerprint density at radius 3 is 2.66 bits per heavy atom. The third-order valence-electron chi connectivity index (χ3n) is 5.25. The first-order valence-electron chi connectivity index (χ1n) is 10.5. The summed E-state index contributed by atoms with van der Waals surface area (Å²) in [7, 11) is 0. The minimum Gasteiger partial charge on any atom is -0.369 e. The van der Waals surface area contributed by atoms with Crippen molar-refractivity contribution in [3.8, 4) is 11.3 Å². The molecular formula is C26H25N5O. The summed E-state index contributed by atoms with van der Waals surface area (Å²) in [6.45, 7) is 2.67. The largest absolute Gasteiger partial charge is 0.369 e. The van der Waals surface area contributed by atoms with Gasteiger partial charge < -0.3 is 11.1 Å². The van der Waals surface area contributed by atoms with E-state index in [0.29, 0.717) is 12.4 Å². The quantitative estimate of drug-likeness (QED) is 0.445. The number of aryl methyl sites for hydroxylation is 1. The monoisotopic (exact) mass is 423 g/mol. The summed E-state index contributed by atoms with van der Waals surface area (Å²) in [5.41, 5.74) is 11.3. The van der Waals surface area contributed by atoms with Gasteiger partial charge in [-0.05, 0) is 42.8 Å². The topological polar surface area (TPSA) is 93.8 Å². The number of hydrogen-bond acceptors (Lipinski definition) is 5. The van der Waals surface area contributed by atoms with Crippen LogP contribution in [0, 0.1) is 6.92 Å². The highest BCUT2D eigenvalue weighted by molar-refractivity contribution is 5.87. The molecule has 0 aliphatic rings. The second kappa shape index (κ2) is 9.83. The lowest BCUT2D eigenvalue weighted by Gasteiger charge is -2.19. The van der Waals surface area contributed by atoms with E-state index in [1.54, 1.807) is 24.7 Å². The highest BCUT2D eigenvalue weighted by Crippen LogP contribution is 2.31. The Morgan fingerprint density at radius 2 is 1.94 bits per heavy atom. The predicted octanol–water partition coefficient (Wildman–Crippen LogP) is 4.12. The van der Waals surface area contributed by atoms with Gasteiger partial charge >= 0.3 is 0 Å². The van der Waals surface area contributed by atoms with E-state index in [1.807, 2.05) is 48.5 Å². The summed E-state index contributed by atoms with van der Waals surface area (Å²) in [6, 6.07) is 21.5. The first-order chi connectivity index (χ1) is 15.6. The van der Waals surface area contributed by atoms with E-state index in [1.165, 1.54) is 0 Å². The van der Waals surface area contributed by atoms with Crippen molar-refractivity contribution in [1.82, 2.24) is 15.0 Å². The molecule has 3 heterocycles. The number of anilines is 1. The van der Waals surface area contributed by atoms with E-state index < -0.39 is 11.8 Å². The van der Waals surface area contributed by atoms with Crippen LogP contribution in [-0.4, -0.2) is 27.4 Å². The molecule has 1 aromatic carbocycles. The number of pyridine rings is 3. The molecule has 3 aromatic heterocycles. The Balaban J connectivity index is 1.71. The first kappa shape index (κ1) is 21.2. The van der Waals surface area contributed by atoms with Crippen molar-refractivity contribution >= 4 is 11.7 Å². The number of rotatable bonds is 8. The summed E-state index contributed by atoms with van der Waals surface area (Å²) in [4.78, 5) is 25.9. The number of benzene rings is 1. The normalized spacial score (nSPS) is 11.7. The molecule has 0 fully saturated rings. The van der Waals surface area contributed by atoms with Crippen LogP contribution in [0.2, 0.25) is 0 Å². The Hall–Kier alpha value is -4.06. The molecule has 0 aliphatic heterocycles. The second-order valence-electron chi connectivity index (χ2n) is 7.62. The molecule has 0 saturated heterocycles. The van der Waals surface area contributed by atoms with Crippen molar-refractivity contribution in [2.24, 2.45) is 5.73 Å². The molecule has 0 aliphatic carbocycles. The minimum absolute atomic E-state index is 0.448. The molecule has 4 rings (SSSR count). The van der Waals surface area contributed by atoms with Crippen LogP contribution in [0.25, 0.3) is 11.3 Å². The van der Waals surface area contributed by atoms with E-state index in [-0.39, 0.29) is 0 Å². The summed E-state index contributed by atoms with van der Waals surface area (Å²) in [6.07, 6.45) is 5.85. The van der Waals surface area contributed by atoms with E-state index in [4.69, 9.17) is 10.7 Å². The van der Waals surface area contributed by atoms with Gasteiger partial charge in [0.1, 0.15) is 5.82 Å². The number of carbonyl (C=O) groups is 1. The number of amides is 1. The van der Waals surface area contributed by atoms with Gasteiger partial charge in [0.2, 0.25) is 5.91 Å². The molecule has 32 heavy (non-hydrogen) atoms. The summed E-state index contributed by atoms with van der Waals surface area (Å²) in [5.74, 6) is -0.469. The molecule has 4 aromatic rings. The number of aromatic nitrogens is 3. The van der Waals surface area contributed by atoms with Gasteiger partial charge in [-0.15, -0.1) is 0 Å². The van der Waals surface area contributed by atoms with Crippen LogP contribution in [0.1, 0.15) is 28.3 Å². The number of hydrogen-bond donors (Lipinski definition) is 2. The van der Waals surface area contributed by atoms with Crippen LogP contribution in [0.5, 0.6) is 0 Å². The Morgan fingerprint density at radius 1 is 1.03 bits per heavy atom. The number of carbonyl (C=O) groups excluding carboxylic acids is 1. The van der Waals surface area contributed by atoms with E-state index in [2.05, 4.69) is 34.3 Å². The summed E-state index contributed by atoms with van der Waals surface area (Å²) in [5, 5.41) is 3.41. The molecule has 0 spiro atoms. The van der Waals surface area contributed by atoms with Crippen LogP contribution in [-0.2, 0) is 11.2 Å². The highest BCUT2D eigenvalue weighted by atomic mass is 16.1. The number of nitrogens with two attached hydrogens (primary N) is 1. The van der Waals surface area contributed by atoms with Gasteiger partial charge in [-0.2, -0.15) is 0 Å². The minimum atomic E-state index is -0.653. The third kappa shape index (κ3) is 4.98. The fraction of sp³-hybridized carbons (Fsp3) is 0.154. The molecule has 6 nitrogen and oxygen atoms in total. The molecule has 3 N–H and O–H groups in total. The SMILES string of the molecule is Cc1cccc(-c2ccc(C(C(N)=O)c3cccnc3)c(NCCc3ccccn3)n2)c1. The zero-order chi connectivity index (χ0) is 22.3. The third-order valence-corrected chi connectivity index (χ3v) is 5.25. The second-order valence-corrected chi connectivity index (χ2v) is 7.62. The van der Waals surface area contributed by atoms with Gasteiger partial charge in [-0.25, -0.2) is 4.98 Å². The van der Waals surface area contributed by atoms with Gasteiger partial charge in [-0.3, -0.25) is 14.8 Å². The molecule has 0 bridgehead atoms. The van der Waals surface area contributed by atoms with E-state index >= 15 is 0 Å². The van der Waals surface area contributed by atoms with Crippen molar-refractivity contribution in [3.05, 3.63) is 108 Å². The standard InChI is InChI=1S/C26H25N5O/c1-18-6-4-7-19(16-18)23-11-10-22(24(25(27)32)20-8-5-13-28-17-20)26(31-23)30-15-12-21-9-2-3-14-29-21/h2-11,13-14,16-17,24H,12,15H2,1H3,(H2,27,32)(H,30,31). The average molecular weight is 424 g/mol.